The summed E-state index contributed by atoms with van der Waals surface area (Å²) in [5, 5.41) is 6.09. The van der Waals surface area contributed by atoms with E-state index in [-0.39, 0.29) is 5.91 Å². The molecule has 1 amide bonds. The van der Waals surface area contributed by atoms with Crippen LogP contribution in [0.25, 0.3) is 0 Å². The third kappa shape index (κ3) is 1.49. The van der Waals surface area contributed by atoms with Gasteiger partial charge in [0.2, 0.25) is 5.91 Å². The molecule has 1 aliphatic rings. The standard InChI is InChI=1S/C7H11N3O2/c1-5(11)9-6-7(2,3)4-8-10(6)12/h4,6H,1-3H3/p+1. The number of carbonyl (C=O) groups is 1. The van der Waals surface area contributed by atoms with E-state index in [1.165, 1.54) is 6.92 Å². The lowest BCUT2D eigenvalue weighted by Crippen LogP contribution is -2.46. The van der Waals surface area contributed by atoms with Crippen LogP contribution in [0, 0.1) is 10.3 Å². The number of hydrogen-bond acceptors (Lipinski definition) is 2. The molecular weight excluding hydrogens is 158 g/mol. The fourth-order valence-corrected chi connectivity index (χ4v) is 1.06. The van der Waals surface area contributed by atoms with E-state index >= 15 is 0 Å². The summed E-state index contributed by atoms with van der Waals surface area (Å²) < 4.78 is 0. The van der Waals surface area contributed by atoms with Gasteiger partial charge in [-0.1, -0.05) is 0 Å². The molecule has 0 aromatic carbocycles. The minimum absolute atomic E-state index is 0.223. The van der Waals surface area contributed by atoms with Gasteiger partial charge in [0.15, 0.2) is 4.87 Å². The molecule has 1 heterocycles. The molecule has 1 atom stereocenters. The molecule has 0 fully saturated rings. The van der Waals surface area contributed by atoms with Crippen molar-refractivity contribution in [3.05, 3.63) is 4.91 Å². The fourth-order valence-electron chi connectivity index (χ4n) is 1.06. The highest BCUT2D eigenvalue weighted by Gasteiger charge is 2.47. The minimum atomic E-state index is -0.574. The molecule has 1 rings (SSSR count). The van der Waals surface area contributed by atoms with Crippen molar-refractivity contribution in [1.29, 1.82) is 0 Å². The van der Waals surface area contributed by atoms with Crippen LogP contribution in [-0.4, -0.2) is 23.2 Å². The number of rotatable bonds is 1. The van der Waals surface area contributed by atoms with E-state index in [0.29, 0.717) is 4.87 Å². The molecule has 12 heavy (non-hydrogen) atoms. The third-order valence-corrected chi connectivity index (χ3v) is 1.77. The molecule has 1 N–H and O–H groups in total. The lowest BCUT2D eigenvalue weighted by molar-refractivity contribution is -0.595. The molecular formula is C7H12N3O2+. The number of nitrogens with zero attached hydrogens (tertiary/aromatic N) is 2. The molecule has 1 aliphatic heterocycles. The number of hydrogen-bond donors (Lipinski definition) is 1. The molecule has 0 aromatic rings. The van der Waals surface area contributed by atoms with E-state index in [9.17, 15) is 9.70 Å². The maximum absolute atomic E-state index is 11.0. The van der Waals surface area contributed by atoms with Crippen LogP contribution in [0.4, 0.5) is 0 Å². The zero-order valence-electron chi connectivity index (χ0n) is 7.37. The zero-order valence-corrected chi connectivity index (χ0v) is 7.37. The van der Waals surface area contributed by atoms with Crippen molar-refractivity contribution in [3.8, 4) is 0 Å². The molecule has 0 bridgehead atoms. The summed E-state index contributed by atoms with van der Waals surface area (Å²) in [6, 6.07) is 0. The smallest absolute Gasteiger partial charge is 0.292 e. The normalized spacial score (nSPS) is 25.9. The molecule has 0 saturated heterocycles. The van der Waals surface area contributed by atoms with E-state index in [0.717, 1.165) is 0 Å². The zero-order chi connectivity index (χ0) is 9.35. The summed E-state index contributed by atoms with van der Waals surface area (Å²) in [4.78, 5) is 22.2. The Labute approximate surface area is 70.4 Å². The van der Waals surface area contributed by atoms with E-state index in [2.05, 4.69) is 10.4 Å². The average Bonchev–Trinajstić information content (AvgIpc) is 2.15. The Morgan fingerprint density at radius 1 is 1.67 bits per heavy atom. The molecule has 0 aromatic heterocycles. The largest absolute Gasteiger partial charge is 0.321 e. The molecule has 0 radical (unpaired) electrons. The van der Waals surface area contributed by atoms with Gasteiger partial charge < -0.3 is 0 Å². The van der Waals surface area contributed by atoms with Gasteiger partial charge in [-0.3, -0.25) is 10.1 Å². The Balaban J connectivity index is 2.76. The number of nitroso groups, excluding NO2 is 1. The van der Waals surface area contributed by atoms with Crippen molar-refractivity contribution in [1.82, 2.24) is 5.32 Å². The summed E-state index contributed by atoms with van der Waals surface area (Å²) in [5.74, 6) is -0.223. The second kappa shape index (κ2) is 2.66. The predicted molar refractivity (Wildman–Crippen MR) is 43.5 cm³/mol. The summed E-state index contributed by atoms with van der Waals surface area (Å²) in [6.07, 6.45) is 0.968. The minimum Gasteiger partial charge on any atom is -0.292 e. The van der Waals surface area contributed by atoms with Crippen molar-refractivity contribution >= 4 is 12.1 Å². The lowest BCUT2D eigenvalue weighted by atomic mass is 9.92. The van der Waals surface area contributed by atoms with Crippen molar-refractivity contribution in [3.63, 3.8) is 0 Å². The predicted octanol–water partition coefficient (Wildman–Crippen LogP) is 0.253. The number of amides is 1. The topological polar surface area (TPSA) is 61.5 Å². The molecule has 0 saturated carbocycles. The highest BCUT2D eigenvalue weighted by atomic mass is 16.3. The third-order valence-electron chi connectivity index (χ3n) is 1.77. The highest BCUT2D eigenvalue weighted by molar-refractivity contribution is 5.75. The summed E-state index contributed by atoms with van der Waals surface area (Å²) in [7, 11) is 0. The Hall–Kier alpha value is -1.26. The van der Waals surface area contributed by atoms with Crippen LogP contribution in [0.2, 0.25) is 0 Å². The van der Waals surface area contributed by atoms with Crippen molar-refractivity contribution in [2.75, 3.05) is 0 Å². The maximum atomic E-state index is 11.0. The van der Waals surface area contributed by atoms with Gasteiger partial charge >= 0.3 is 6.17 Å². The van der Waals surface area contributed by atoms with Crippen molar-refractivity contribution in [2.24, 2.45) is 10.5 Å². The lowest BCUT2D eigenvalue weighted by Gasteiger charge is -2.15. The fraction of sp³-hybridized carbons (Fsp3) is 0.714. The van der Waals surface area contributed by atoms with E-state index in [4.69, 9.17) is 0 Å². The van der Waals surface area contributed by atoms with Gasteiger partial charge in [-0.15, -0.1) is 0 Å². The highest BCUT2D eigenvalue weighted by Crippen LogP contribution is 2.23. The summed E-state index contributed by atoms with van der Waals surface area (Å²) in [5.41, 5.74) is -0.395. The van der Waals surface area contributed by atoms with E-state index in [1.54, 1.807) is 6.21 Å². The van der Waals surface area contributed by atoms with Crippen molar-refractivity contribution < 1.29 is 9.66 Å². The van der Waals surface area contributed by atoms with Gasteiger partial charge in [0.25, 0.3) is 0 Å². The van der Waals surface area contributed by atoms with Gasteiger partial charge in [0.1, 0.15) is 0 Å². The van der Waals surface area contributed by atoms with Gasteiger partial charge in [0, 0.05) is 12.0 Å². The molecule has 1 unspecified atom stereocenters. The van der Waals surface area contributed by atoms with Crippen LogP contribution in [0.15, 0.2) is 5.10 Å². The Bertz CT molecular complexity index is 257. The van der Waals surface area contributed by atoms with Gasteiger partial charge in [-0.25, -0.2) is 0 Å². The van der Waals surface area contributed by atoms with E-state index in [1.807, 2.05) is 13.8 Å². The number of carbonyl (C=O) groups excluding carboxylic acids is 1. The van der Waals surface area contributed by atoms with Crippen LogP contribution in [0.3, 0.4) is 0 Å². The van der Waals surface area contributed by atoms with Crippen LogP contribution in [0.1, 0.15) is 20.8 Å². The van der Waals surface area contributed by atoms with Crippen LogP contribution >= 0.6 is 0 Å². The number of nitrogens with one attached hydrogen (secondary N) is 1. The Morgan fingerprint density at radius 3 is 2.58 bits per heavy atom. The van der Waals surface area contributed by atoms with Crippen molar-refractivity contribution in [2.45, 2.75) is 26.9 Å². The maximum Gasteiger partial charge on any atom is 0.321 e. The van der Waals surface area contributed by atoms with Crippen LogP contribution in [0.5, 0.6) is 0 Å². The van der Waals surface area contributed by atoms with Crippen LogP contribution < -0.4 is 5.32 Å². The second-order valence-corrected chi connectivity index (χ2v) is 3.47. The Morgan fingerprint density at radius 2 is 2.25 bits per heavy atom. The molecule has 5 nitrogen and oxygen atoms in total. The first-order valence-corrected chi connectivity index (χ1v) is 3.72. The molecule has 0 aliphatic carbocycles. The first kappa shape index (κ1) is 8.83. The SMILES string of the molecule is CC(=O)NC1[N+](=O)N=CC1(C)C. The first-order chi connectivity index (χ1) is 5.43. The summed E-state index contributed by atoms with van der Waals surface area (Å²) in [6.45, 7) is 5.06. The van der Waals surface area contributed by atoms with Gasteiger partial charge in [-0.2, -0.15) is 0 Å². The Kier molecular flexibility index (Phi) is 1.95. The van der Waals surface area contributed by atoms with Crippen LogP contribution in [-0.2, 0) is 4.79 Å². The molecule has 0 spiro atoms. The number of hydrazone groups is 1. The monoisotopic (exact) mass is 170 g/mol. The first-order valence-electron chi connectivity index (χ1n) is 3.72. The molecule has 66 valence electrons. The van der Waals surface area contributed by atoms with E-state index < -0.39 is 11.6 Å². The summed E-state index contributed by atoms with van der Waals surface area (Å²) >= 11 is 0. The molecule has 5 heteroatoms. The average molecular weight is 170 g/mol. The quantitative estimate of drug-likeness (QED) is 0.573. The second-order valence-electron chi connectivity index (χ2n) is 3.47. The van der Waals surface area contributed by atoms with Gasteiger partial charge in [-0.05, 0) is 13.8 Å². The van der Waals surface area contributed by atoms with Gasteiger partial charge in [0.05, 0.1) is 16.5 Å².